The van der Waals surface area contributed by atoms with Gasteiger partial charge in [0.1, 0.15) is 11.9 Å². The van der Waals surface area contributed by atoms with Crippen LogP contribution < -0.4 is 5.69 Å². The van der Waals surface area contributed by atoms with E-state index in [4.69, 9.17) is 16.7 Å². The van der Waals surface area contributed by atoms with Gasteiger partial charge in [-0.2, -0.15) is 0 Å². The van der Waals surface area contributed by atoms with E-state index < -0.39 is 11.7 Å². The molecular weight excluding hydrogens is 260 g/mol. The van der Waals surface area contributed by atoms with Gasteiger partial charge in [0.05, 0.1) is 23.5 Å². The molecule has 0 atom stereocenters. The number of aromatic nitrogens is 4. The summed E-state index contributed by atoms with van der Waals surface area (Å²) < 4.78 is 1.18. The maximum absolute atomic E-state index is 11.5. The lowest BCUT2D eigenvalue weighted by molar-refractivity contribution is 0.0694. The normalized spacial score (nSPS) is 10.3. The first-order chi connectivity index (χ1) is 8.58. The zero-order valence-corrected chi connectivity index (χ0v) is 9.70. The van der Waals surface area contributed by atoms with Crippen molar-refractivity contribution < 1.29 is 9.90 Å². The molecule has 0 radical (unpaired) electrons. The molecule has 0 saturated heterocycles. The number of halogens is 1. The third kappa shape index (κ3) is 2.51. The van der Waals surface area contributed by atoms with Crippen molar-refractivity contribution in [1.82, 2.24) is 19.5 Å². The first-order valence-electron chi connectivity index (χ1n) is 4.82. The number of carboxylic acids is 1. The standard InChI is InChI=1S/C10H7ClN4O3/c11-6-1-13-10(18)15(3-6)4-8-7(9(16)17)2-12-5-14-8/h1-3,5H,4H2,(H,16,17). The lowest BCUT2D eigenvalue weighted by atomic mass is 10.2. The molecule has 0 saturated carbocycles. The quantitative estimate of drug-likeness (QED) is 0.865. The van der Waals surface area contributed by atoms with Crippen molar-refractivity contribution in [1.29, 1.82) is 0 Å². The van der Waals surface area contributed by atoms with Crippen LogP contribution in [0.3, 0.4) is 0 Å². The van der Waals surface area contributed by atoms with Crippen LogP contribution in [0.2, 0.25) is 5.02 Å². The van der Waals surface area contributed by atoms with Crippen molar-refractivity contribution in [2.75, 3.05) is 0 Å². The third-order valence-corrected chi connectivity index (χ3v) is 2.36. The van der Waals surface area contributed by atoms with Gasteiger partial charge in [-0.25, -0.2) is 24.5 Å². The van der Waals surface area contributed by atoms with E-state index in [-0.39, 0.29) is 22.8 Å². The first kappa shape index (κ1) is 12.2. The molecule has 0 fully saturated rings. The van der Waals surface area contributed by atoms with Crippen LogP contribution in [0.1, 0.15) is 16.1 Å². The highest BCUT2D eigenvalue weighted by atomic mass is 35.5. The van der Waals surface area contributed by atoms with Gasteiger partial charge >= 0.3 is 11.7 Å². The molecule has 0 amide bonds. The summed E-state index contributed by atoms with van der Waals surface area (Å²) in [6.07, 6.45) is 4.97. The van der Waals surface area contributed by atoms with Gasteiger partial charge in [-0.05, 0) is 0 Å². The van der Waals surface area contributed by atoms with E-state index in [1.807, 2.05) is 0 Å². The van der Waals surface area contributed by atoms with Gasteiger partial charge < -0.3 is 5.11 Å². The molecule has 8 heteroatoms. The zero-order valence-electron chi connectivity index (χ0n) is 8.95. The Labute approximate surface area is 106 Å². The van der Waals surface area contributed by atoms with Crippen LogP contribution in [0.25, 0.3) is 0 Å². The molecule has 92 valence electrons. The smallest absolute Gasteiger partial charge is 0.347 e. The third-order valence-electron chi connectivity index (χ3n) is 2.17. The van der Waals surface area contributed by atoms with Crippen LogP contribution in [0, 0.1) is 0 Å². The Morgan fingerprint density at radius 2 is 2.17 bits per heavy atom. The molecule has 2 aromatic rings. The van der Waals surface area contributed by atoms with E-state index in [2.05, 4.69) is 15.0 Å². The second-order valence-corrected chi connectivity index (χ2v) is 3.81. The number of aromatic carboxylic acids is 1. The van der Waals surface area contributed by atoms with E-state index in [9.17, 15) is 9.59 Å². The number of carbonyl (C=O) groups is 1. The average Bonchev–Trinajstić information content (AvgIpc) is 2.34. The zero-order chi connectivity index (χ0) is 13.1. The summed E-state index contributed by atoms with van der Waals surface area (Å²) in [6.45, 7) is -0.0312. The van der Waals surface area contributed by atoms with Crippen LogP contribution >= 0.6 is 11.6 Å². The van der Waals surface area contributed by atoms with Gasteiger partial charge in [0.25, 0.3) is 0 Å². The fourth-order valence-corrected chi connectivity index (χ4v) is 1.53. The van der Waals surface area contributed by atoms with Gasteiger partial charge in [0.15, 0.2) is 0 Å². The molecule has 2 rings (SSSR count). The lowest BCUT2D eigenvalue weighted by Crippen LogP contribution is -2.24. The van der Waals surface area contributed by atoms with E-state index in [1.54, 1.807) is 0 Å². The minimum Gasteiger partial charge on any atom is -0.478 e. The second-order valence-electron chi connectivity index (χ2n) is 3.37. The molecule has 0 aliphatic carbocycles. The van der Waals surface area contributed by atoms with Crippen molar-refractivity contribution in [3.8, 4) is 0 Å². The molecule has 0 unspecified atom stereocenters. The summed E-state index contributed by atoms with van der Waals surface area (Å²) in [5, 5.41) is 9.24. The fraction of sp³-hybridized carbons (Fsp3) is 0.100. The molecule has 18 heavy (non-hydrogen) atoms. The number of hydrogen-bond donors (Lipinski definition) is 1. The summed E-state index contributed by atoms with van der Waals surface area (Å²) in [5.74, 6) is -1.16. The van der Waals surface area contributed by atoms with E-state index in [1.165, 1.54) is 29.5 Å². The highest BCUT2D eigenvalue weighted by Crippen LogP contribution is 2.07. The first-order valence-corrected chi connectivity index (χ1v) is 5.20. The van der Waals surface area contributed by atoms with Crippen LogP contribution in [0.15, 0.2) is 29.7 Å². The minimum atomic E-state index is -1.16. The number of hydrogen-bond acceptors (Lipinski definition) is 5. The molecule has 0 spiro atoms. The lowest BCUT2D eigenvalue weighted by Gasteiger charge is -2.06. The Hall–Kier alpha value is -2.28. The molecule has 0 aromatic carbocycles. The van der Waals surface area contributed by atoms with Gasteiger partial charge in [0, 0.05) is 12.4 Å². The van der Waals surface area contributed by atoms with Crippen LogP contribution in [0.5, 0.6) is 0 Å². The number of carboxylic acid groups (broad SMARTS) is 1. The average molecular weight is 267 g/mol. The van der Waals surface area contributed by atoms with Crippen molar-refractivity contribution in [3.05, 3.63) is 51.7 Å². The maximum Gasteiger partial charge on any atom is 0.347 e. The Balaban J connectivity index is 2.43. The fourth-order valence-electron chi connectivity index (χ4n) is 1.36. The van der Waals surface area contributed by atoms with Gasteiger partial charge in [-0.15, -0.1) is 0 Å². The second kappa shape index (κ2) is 4.92. The monoisotopic (exact) mass is 266 g/mol. The van der Waals surface area contributed by atoms with E-state index in [0.29, 0.717) is 0 Å². The molecule has 2 heterocycles. The van der Waals surface area contributed by atoms with Crippen molar-refractivity contribution in [2.24, 2.45) is 0 Å². The Morgan fingerprint density at radius 1 is 1.39 bits per heavy atom. The molecule has 7 nitrogen and oxygen atoms in total. The molecule has 1 N–H and O–H groups in total. The van der Waals surface area contributed by atoms with Crippen molar-refractivity contribution in [2.45, 2.75) is 6.54 Å². The highest BCUT2D eigenvalue weighted by Gasteiger charge is 2.12. The SMILES string of the molecule is O=C(O)c1cncnc1Cn1cc(Cl)cnc1=O. The topological polar surface area (TPSA) is 98.0 Å². The summed E-state index contributed by atoms with van der Waals surface area (Å²) in [6, 6.07) is 0. The summed E-state index contributed by atoms with van der Waals surface area (Å²) in [7, 11) is 0. The van der Waals surface area contributed by atoms with Crippen molar-refractivity contribution in [3.63, 3.8) is 0 Å². The molecule has 0 bridgehead atoms. The number of rotatable bonds is 3. The molecule has 0 aliphatic heterocycles. The largest absolute Gasteiger partial charge is 0.478 e. The van der Waals surface area contributed by atoms with Crippen LogP contribution in [-0.2, 0) is 6.54 Å². The van der Waals surface area contributed by atoms with Gasteiger partial charge in [-0.1, -0.05) is 11.6 Å². The Morgan fingerprint density at radius 3 is 2.89 bits per heavy atom. The predicted octanol–water partition coefficient (Wildman–Crippen LogP) is 0.433. The van der Waals surface area contributed by atoms with Crippen LogP contribution in [-0.4, -0.2) is 30.6 Å². The van der Waals surface area contributed by atoms with E-state index >= 15 is 0 Å². The minimum absolute atomic E-state index is 0.0312. The number of nitrogens with zero attached hydrogens (tertiary/aromatic N) is 4. The van der Waals surface area contributed by atoms with E-state index in [0.717, 1.165) is 0 Å². The molecule has 2 aromatic heterocycles. The Kier molecular flexibility index (Phi) is 3.33. The Bertz CT molecular complexity index is 656. The summed E-state index contributed by atoms with van der Waals surface area (Å²) in [4.78, 5) is 33.4. The van der Waals surface area contributed by atoms with Crippen LogP contribution in [0.4, 0.5) is 0 Å². The van der Waals surface area contributed by atoms with Gasteiger partial charge in [-0.3, -0.25) is 4.57 Å². The summed E-state index contributed by atoms with van der Waals surface area (Å²) >= 11 is 5.71. The highest BCUT2D eigenvalue weighted by molar-refractivity contribution is 6.30. The summed E-state index contributed by atoms with van der Waals surface area (Å²) in [5.41, 5.74) is -0.387. The van der Waals surface area contributed by atoms with Crippen molar-refractivity contribution >= 4 is 17.6 Å². The maximum atomic E-state index is 11.5. The molecule has 0 aliphatic rings. The van der Waals surface area contributed by atoms with Gasteiger partial charge in [0.2, 0.25) is 0 Å². The predicted molar refractivity (Wildman–Crippen MR) is 61.6 cm³/mol. The molecular formula is C10H7ClN4O3.